The van der Waals surface area contributed by atoms with E-state index in [2.05, 4.69) is 10.3 Å². The first-order valence-corrected chi connectivity index (χ1v) is 6.95. The van der Waals surface area contributed by atoms with E-state index in [0.29, 0.717) is 5.69 Å². The second-order valence-corrected chi connectivity index (χ2v) is 5.93. The molecule has 0 radical (unpaired) electrons. The number of pyridine rings is 1. The first kappa shape index (κ1) is 17.4. The Morgan fingerprint density at radius 1 is 1.38 bits per heavy atom. The highest BCUT2D eigenvalue weighted by Gasteiger charge is 2.20. The number of carbonyl (C=O) groups excluding carboxylic acids is 1. The summed E-state index contributed by atoms with van der Waals surface area (Å²) in [5.41, 5.74) is 0.624. The molecule has 6 nitrogen and oxygen atoms in total. The minimum Gasteiger partial charge on any atom is -0.444 e. The number of aryl methyl sites for hydroxylation is 1. The summed E-state index contributed by atoms with van der Waals surface area (Å²) in [5.74, 6) is 0. The molecular weight excluding hydrogens is 272 g/mol. The van der Waals surface area contributed by atoms with Crippen LogP contribution >= 0.6 is 0 Å². The maximum absolute atomic E-state index is 11.4. The van der Waals surface area contributed by atoms with Crippen molar-refractivity contribution in [2.75, 3.05) is 6.54 Å². The van der Waals surface area contributed by atoms with Crippen molar-refractivity contribution in [3.05, 3.63) is 29.6 Å². The quantitative estimate of drug-likeness (QED) is 0.769. The van der Waals surface area contributed by atoms with Gasteiger partial charge in [-0.25, -0.2) is 4.79 Å². The van der Waals surface area contributed by atoms with Crippen LogP contribution in [0.5, 0.6) is 0 Å². The lowest BCUT2D eigenvalue weighted by Crippen LogP contribution is -2.34. The number of carbonyl (C=O) groups is 1. The minimum absolute atomic E-state index is 0.204. The van der Waals surface area contributed by atoms with Crippen molar-refractivity contribution in [1.82, 2.24) is 10.3 Å². The van der Waals surface area contributed by atoms with Crippen LogP contribution in [0.1, 0.15) is 44.7 Å². The molecule has 1 heterocycles. The van der Waals surface area contributed by atoms with Crippen molar-refractivity contribution in [2.24, 2.45) is 0 Å². The van der Waals surface area contributed by atoms with Crippen molar-refractivity contribution in [3.8, 4) is 0 Å². The molecule has 118 valence electrons. The highest BCUT2D eigenvalue weighted by atomic mass is 16.6. The van der Waals surface area contributed by atoms with Gasteiger partial charge in [-0.1, -0.05) is 6.07 Å². The van der Waals surface area contributed by atoms with Crippen LogP contribution in [0.2, 0.25) is 0 Å². The molecule has 0 aliphatic carbocycles. The molecule has 1 rings (SSSR count). The van der Waals surface area contributed by atoms with Gasteiger partial charge in [0.2, 0.25) is 0 Å². The molecular formula is C15H24N2O4. The molecule has 0 bridgehead atoms. The van der Waals surface area contributed by atoms with Gasteiger partial charge in [0.1, 0.15) is 11.7 Å². The van der Waals surface area contributed by atoms with Crippen molar-refractivity contribution in [2.45, 2.75) is 51.9 Å². The van der Waals surface area contributed by atoms with Gasteiger partial charge in [0, 0.05) is 12.2 Å². The summed E-state index contributed by atoms with van der Waals surface area (Å²) in [5, 5.41) is 22.5. The van der Waals surface area contributed by atoms with Crippen LogP contribution in [0.3, 0.4) is 0 Å². The molecule has 21 heavy (non-hydrogen) atoms. The summed E-state index contributed by atoms with van der Waals surface area (Å²) in [4.78, 5) is 15.6. The minimum atomic E-state index is -1.08. The molecule has 3 N–H and O–H groups in total. The van der Waals surface area contributed by atoms with Gasteiger partial charge in [0.15, 0.2) is 0 Å². The van der Waals surface area contributed by atoms with E-state index < -0.39 is 23.9 Å². The number of ether oxygens (including phenoxy) is 1. The molecule has 0 saturated carbocycles. The lowest BCUT2D eigenvalue weighted by molar-refractivity contribution is 0.00987. The largest absolute Gasteiger partial charge is 0.444 e. The van der Waals surface area contributed by atoms with Gasteiger partial charge < -0.3 is 20.3 Å². The van der Waals surface area contributed by atoms with Crippen molar-refractivity contribution >= 4 is 6.09 Å². The van der Waals surface area contributed by atoms with Crippen LogP contribution in [0, 0.1) is 6.92 Å². The Labute approximate surface area is 125 Å². The number of alkyl carbamates (subject to hydrolysis) is 1. The molecule has 2 atom stereocenters. The second-order valence-electron chi connectivity index (χ2n) is 5.93. The molecule has 6 heteroatoms. The molecule has 0 aliphatic heterocycles. The first-order chi connectivity index (χ1) is 9.69. The molecule has 1 aromatic heterocycles. The standard InChI is InChI=1S/C15H24N2O4/c1-10-6-5-7-11(17-10)13(19)12(18)8-9-16-14(20)21-15(2,3)4/h5-7,12-13,18-19H,8-9H2,1-4H3,(H,16,20). The summed E-state index contributed by atoms with van der Waals surface area (Å²) >= 11 is 0. The number of hydrogen-bond donors (Lipinski definition) is 3. The van der Waals surface area contributed by atoms with Gasteiger partial charge in [0.05, 0.1) is 11.8 Å². The van der Waals surface area contributed by atoms with Crippen molar-refractivity contribution in [3.63, 3.8) is 0 Å². The van der Waals surface area contributed by atoms with Gasteiger partial charge in [-0.2, -0.15) is 0 Å². The normalized spacial score (nSPS) is 14.4. The SMILES string of the molecule is Cc1cccc(C(O)C(O)CCNC(=O)OC(C)(C)C)n1. The molecule has 0 aliphatic rings. The summed E-state index contributed by atoms with van der Waals surface area (Å²) in [6.45, 7) is 7.34. The molecule has 0 fully saturated rings. The van der Waals surface area contributed by atoms with E-state index in [0.717, 1.165) is 5.69 Å². The number of nitrogens with one attached hydrogen (secondary N) is 1. The average Bonchev–Trinajstić information content (AvgIpc) is 2.35. The molecule has 0 aromatic carbocycles. The topological polar surface area (TPSA) is 91.7 Å². The number of aliphatic hydroxyl groups is 2. The fourth-order valence-corrected chi connectivity index (χ4v) is 1.72. The molecule has 1 aromatic rings. The third kappa shape index (κ3) is 6.55. The Kier molecular flexibility index (Phi) is 6.11. The predicted octanol–water partition coefficient (Wildman–Crippen LogP) is 1.70. The average molecular weight is 296 g/mol. The maximum Gasteiger partial charge on any atom is 0.407 e. The number of aromatic nitrogens is 1. The third-order valence-corrected chi connectivity index (χ3v) is 2.69. The van der Waals surface area contributed by atoms with Gasteiger partial charge in [-0.15, -0.1) is 0 Å². The molecule has 2 unspecified atom stereocenters. The Morgan fingerprint density at radius 2 is 2.05 bits per heavy atom. The summed E-state index contributed by atoms with van der Waals surface area (Å²) < 4.78 is 5.07. The smallest absolute Gasteiger partial charge is 0.407 e. The number of rotatable bonds is 5. The zero-order chi connectivity index (χ0) is 16.0. The molecule has 0 saturated heterocycles. The van der Waals surface area contributed by atoms with Gasteiger partial charge in [-0.3, -0.25) is 4.98 Å². The summed E-state index contributed by atoms with van der Waals surface area (Å²) in [7, 11) is 0. The van der Waals surface area contributed by atoms with Crippen LogP contribution in [-0.2, 0) is 4.74 Å². The van der Waals surface area contributed by atoms with E-state index in [-0.39, 0.29) is 13.0 Å². The van der Waals surface area contributed by atoms with Gasteiger partial charge in [-0.05, 0) is 46.2 Å². The van der Waals surface area contributed by atoms with E-state index in [9.17, 15) is 15.0 Å². The predicted molar refractivity (Wildman–Crippen MR) is 78.8 cm³/mol. The molecule has 0 spiro atoms. The van der Waals surface area contributed by atoms with E-state index in [4.69, 9.17) is 4.74 Å². The highest BCUT2D eigenvalue weighted by molar-refractivity contribution is 5.67. The number of hydrogen-bond acceptors (Lipinski definition) is 5. The van der Waals surface area contributed by atoms with E-state index >= 15 is 0 Å². The zero-order valence-corrected chi connectivity index (χ0v) is 13.0. The Balaban J connectivity index is 2.40. The fraction of sp³-hybridized carbons (Fsp3) is 0.600. The lowest BCUT2D eigenvalue weighted by Gasteiger charge is -2.21. The number of aliphatic hydroxyl groups excluding tert-OH is 2. The van der Waals surface area contributed by atoms with Crippen LogP contribution in [-0.4, -0.2) is 39.5 Å². The maximum atomic E-state index is 11.4. The Bertz CT molecular complexity index is 471. The first-order valence-electron chi connectivity index (χ1n) is 6.95. The highest BCUT2D eigenvalue weighted by Crippen LogP contribution is 2.17. The summed E-state index contributed by atoms with van der Waals surface area (Å²) in [6, 6.07) is 5.24. The molecule has 1 amide bonds. The van der Waals surface area contributed by atoms with Crippen molar-refractivity contribution in [1.29, 1.82) is 0 Å². The zero-order valence-electron chi connectivity index (χ0n) is 13.0. The Hall–Kier alpha value is -1.66. The lowest BCUT2D eigenvalue weighted by atomic mass is 10.1. The Morgan fingerprint density at radius 3 is 2.62 bits per heavy atom. The van der Waals surface area contributed by atoms with E-state index in [1.807, 2.05) is 13.0 Å². The number of nitrogens with zero attached hydrogens (tertiary/aromatic N) is 1. The van der Waals surface area contributed by atoms with Gasteiger partial charge in [0.25, 0.3) is 0 Å². The van der Waals surface area contributed by atoms with Gasteiger partial charge >= 0.3 is 6.09 Å². The van der Waals surface area contributed by atoms with E-state index in [1.54, 1.807) is 32.9 Å². The fourth-order valence-electron chi connectivity index (χ4n) is 1.72. The second kappa shape index (κ2) is 7.38. The van der Waals surface area contributed by atoms with Crippen LogP contribution in [0.25, 0.3) is 0 Å². The number of amides is 1. The van der Waals surface area contributed by atoms with Crippen LogP contribution < -0.4 is 5.32 Å². The van der Waals surface area contributed by atoms with Crippen LogP contribution in [0.4, 0.5) is 4.79 Å². The monoisotopic (exact) mass is 296 g/mol. The summed E-state index contributed by atoms with van der Waals surface area (Å²) in [6.07, 6.45) is -2.42. The van der Waals surface area contributed by atoms with E-state index in [1.165, 1.54) is 0 Å². The van der Waals surface area contributed by atoms with Crippen molar-refractivity contribution < 1.29 is 19.7 Å². The third-order valence-electron chi connectivity index (χ3n) is 2.69. The van der Waals surface area contributed by atoms with Crippen LogP contribution in [0.15, 0.2) is 18.2 Å².